The highest BCUT2D eigenvalue weighted by Gasteiger charge is 2.68. The fraction of sp³-hybridized carbons (Fsp3) is 0.367. The summed E-state index contributed by atoms with van der Waals surface area (Å²) in [7, 11) is 0. The smallest absolute Gasteiger partial charge is 0.328 e. The van der Waals surface area contributed by atoms with E-state index in [1.165, 1.54) is 4.90 Å². The van der Waals surface area contributed by atoms with E-state index < -0.39 is 64.7 Å². The van der Waals surface area contributed by atoms with Crippen LogP contribution in [0, 0.1) is 29.1 Å². The highest BCUT2D eigenvalue weighted by molar-refractivity contribution is 6.24. The topological polar surface area (TPSA) is 147 Å². The number of hydrogen-bond donors (Lipinski definition) is 2. The zero-order chi connectivity index (χ0) is 28.5. The van der Waals surface area contributed by atoms with Crippen molar-refractivity contribution in [1.29, 1.82) is 0 Å². The lowest BCUT2D eigenvalue weighted by Crippen LogP contribution is -2.49. The molecule has 10 nitrogen and oxygen atoms in total. The monoisotopic (exact) mass is 543 g/mol. The standard InChI is InChI=1S/C30H29N3O7/c1-3-40-21-11-7-10-18(24(21)34)23-16-12-13-17-22(27(37)33(25(17)35)29(31)39)19(16)14-20-26(36)32(28(38)30(20,23)2)15-8-5-4-6-9-15/h4-12,17,19-20,22-23,34H,3,13-14H2,1-2H3,(H2,31,39). The van der Waals surface area contributed by atoms with E-state index in [1.807, 2.05) is 6.08 Å². The lowest BCUT2D eigenvalue weighted by Gasteiger charge is -2.49. The van der Waals surface area contributed by atoms with Crippen molar-refractivity contribution in [2.75, 3.05) is 11.5 Å². The number of nitrogens with two attached hydrogens (primary N) is 1. The van der Waals surface area contributed by atoms with E-state index >= 15 is 0 Å². The summed E-state index contributed by atoms with van der Waals surface area (Å²) in [6.07, 6.45) is 2.13. The lowest BCUT2D eigenvalue weighted by atomic mass is 9.51. The van der Waals surface area contributed by atoms with Gasteiger partial charge in [-0.15, -0.1) is 0 Å². The molecule has 6 rings (SSSR count). The maximum atomic E-state index is 14.3. The van der Waals surface area contributed by atoms with Crippen LogP contribution in [-0.2, 0) is 19.2 Å². The van der Waals surface area contributed by atoms with Crippen LogP contribution in [0.2, 0.25) is 0 Å². The average Bonchev–Trinajstić information content (AvgIpc) is 3.30. The molecule has 206 valence electrons. The number of carbonyl (C=O) groups is 5. The predicted molar refractivity (Wildman–Crippen MR) is 142 cm³/mol. The molecule has 2 saturated heterocycles. The zero-order valence-electron chi connectivity index (χ0n) is 22.1. The summed E-state index contributed by atoms with van der Waals surface area (Å²) in [5, 5.41) is 11.4. The second-order valence-corrected chi connectivity index (χ2v) is 11.0. The van der Waals surface area contributed by atoms with Crippen molar-refractivity contribution in [2.45, 2.75) is 32.6 Å². The van der Waals surface area contributed by atoms with Crippen molar-refractivity contribution in [3.05, 3.63) is 65.7 Å². The molecule has 6 amide bonds. The van der Waals surface area contributed by atoms with Gasteiger partial charge in [0, 0.05) is 11.5 Å². The highest BCUT2D eigenvalue weighted by atomic mass is 16.5. The first-order chi connectivity index (χ1) is 19.1. The Balaban J connectivity index is 1.55. The zero-order valence-corrected chi connectivity index (χ0v) is 22.1. The van der Waals surface area contributed by atoms with Gasteiger partial charge in [-0.1, -0.05) is 42.0 Å². The van der Waals surface area contributed by atoms with Gasteiger partial charge in [0.1, 0.15) is 0 Å². The van der Waals surface area contributed by atoms with Crippen LogP contribution in [0.1, 0.15) is 38.2 Å². The number of phenols is 1. The number of primary amides is 1. The SMILES string of the molecule is CCOc1cccc(C2C3=CCC4C(=O)N(C(N)=O)C(=O)C4C3CC3C(=O)N(c4ccccc4)C(=O)C32C)c1O. The Morgan fingerprint density at radius 3 is 2.42 bits per heavy atom. The Labute approximate surface area is 230 Å². The van der Waals surface area contributed by atoms with Gasteiger partial charge in [-0.05, 0) is 50.8 Å². The largest absolute Gasteiger partial charge is 0.504 e. The number of imide groups is 4. The number of benzene rings is 2. The van der Waals surface area contributed by atoms with E-state index in [1.54, 1.807) is 62.4 Å². The van der Waals surface area contributed by atoms with E-state index in [9.17, 15) is 29.1 Å². The molecule has 2 aromatic carbocycles. The van der Waals surface area contributed by atoms with E-state index in [2.05, 4.69) is 0 Å². The van der Waals surface area contributed by atoms with Crippen LogP contribution >= 0.6 is 0 Å². The summed E-state index contributed by atoms with van der Waals surface area (Å²) in [4.78, 5) is 68.5. The molecule has 0 radical (unpaired) electrons. The number of amides is 6. The molecule has 1 saturated carbocycles. The molecule has 3 fully saturated rings. The van der Waals surface area contributed by atoms with Crippen LogP contribution in [0.4, 0.5) is 10.5 Å². The first-order valence-electron chi connectivity index (χ1n) is 13.4. The second-order valence-electron chi connectivity index (χ2n) is 11.0. The number of aromatic hydroxyl groups is 1. The summed E-state index contributed by atoms with van der Waals surface area (Å²) in [6.45, 7) is 3.82. The number of urea groups is 1. The van der Waals surface area contributed by atoms with Crippen LogP contribution in [0.5, 0.6) is 11.5 Å². The van der Waals surface area contributed by atoms with Crippen LogP contribution in [-0.4, -0.2) is 46.3 Å². The molecule has 0 aromatic heterocycles. The number of phenolic OH excluding ortho intramolecular Hbond substituents is 1. The number of nitrogens with zero attached hydrogens (tertiary/aromatic N) is 2. The minimum absolute atomic E-state index is 0.130. The van der Waals surface area contributed by atoms with Gasteiger partial charge >= 0.3 is 6.03 Å². The van der Waals surface area contributed by atoms with Crippen molar-refractivity contribution in [3.8, 4) is 11.5 Å². The molecule has 10 heteroatoms. The van der Waals surface area contributed by atoms with E-state index in [0.717, 1.165) is 0 Å². The maximum Gasteiger partial charge on any atom is 0.328 e. The number of likely N-dealkylation sites (tertiary alicyclic amines) is 1. The molecule has 2 aromatic rings. The molecule has 2 heterocycles. The number of anilines is 1. The van der Waals surface area contributed by atoms with E-state index in [0.29, 0.717) is 28.3 Å². The molecule has 6 atom stereocenters. The Hall–Kier alpha value is -4.47. The second kappa shape index (κ2) is 9.04. The molecule has 2 aliphatic heterocycles. The lowest BCUT2D eigenvalue weighted by molar-refractivity contribution is -0.136. The van der Waals surface area contributed by atoms with Gasteiger partial charge in [-0.2, -0.15) is 4.90 Å². The Morgan fingerprint density at radius 1 is 1.02 bits per heavy atom. The third-order valence-electron chi connectivity index (χ3n) is 9.15. The van der Waals surface area contributed by atoms with Gasteiger partial charge in [-0.25, -0.2) is 9.69 Å². The fourth-order valence-electron chi connectivity index (χ4n) is 7.44. The Bertz CT molecular complexity index is 1500. The molecule has 40 heavy (non-hydrogen) atoms. The number of allylic oxidation sites excluding steroid dienone is 2. The van der Waals surface area contributed by atoms with Crippen LogP contribution in [0.15, 0.2) is 60.2 Å². The third-order valence-corrected chi connectivity index (χ3v) is 9.15. The summed E-state index contributed by atoms with van der Waals surface area (Å²) in [6, 6.07) is 12.5. The molecule has 3 N–H and O–H groups in total. The molecule has 0 spiro atoms. The number of fused-ring (bicyclic) bond motifs is 4. The van der Waals surface area contributed by atoms with Crippen LogP contribution in [0.25, 0.3) is 0 Å². The molecule has 0 bridgehead atoms. The van der Waals surface area contributed by atoms with Gasteiger partial charge in [0.15, 0.2) is 11.5 Å². The van der Waals surface area contributed by atoms with Crippen molar-refractivity contribution < 1.29 is 33.8 Å². The average molecular weight is 544 g/mol. The summed E-state index contributed by atoms with van der Waals surface area (Å²) in [5.41, 5.74) is 5.60. The highest BCUT2D eigenvalue weighted by Crippen LogP contribution is 2.64. The van der Waals surface area contributed by atoms with Gasteiger partial charge in [0.25, 0.3) is 0 Å². The maximum absolute atomic E-state index is 14.3. The fourth-order valence-corrected chi connectivity index (χ4v) is 7.44. The molecule has 6 unspecified atom stereocenters. The summed E-state index contributed by atoms with van der Waals surface area (Å²) >= 11 is 0. The van der Waals surface area contributed by atoms with Gasteiger partial charge in [-0.3, -0.25) is 19.2 Å². The first-order valence-corrected chi connectivity index (χ1v) is 13.4. The van der Waals surface area contributed by atoms with Crippen molar-refractivity contribution in [2.24, 2.45) is 34.8 Å². The van der Waals surface area contributed by atoms with E-state index in [4.69, 9.17) is 10.5 Å². The normalized spacial score (nSPS) is 31.1. The molecular formula is C30H29N3O7. The van der Waals surface area contributed by atoms with Gasteiger partial charge in [0.05, 0.1) is 35.5 Å². The number of para-hydroxylation sites is 2. The number of ether oxygens (including phenoxy) is 1. The van der Waals surface area contributed by atoms with Gasteiger partial charge in [0.2, 0.25) is 23.6 Å². The summed E-state index contributed by atoms with van der Waals surface area (Å²) < 4.78 is 5.64. The number of hydrogen-bond acceptors (Lipinski definition) is 7. The number of rotatable bonds is 4. The van der Waals surface area contributed by atoms with Crippen LogP contribution < -0.4 is 15.4 Å². The van der Waals surface area contributed by atoms with Crippen molar-refractivity contribution in [1.82, 2.24) is 4.90 Å². The molecule has 2 aliphatic carbocycles. The van der Waals surface area contributed by atoms with Crippen molar-refractivity contribution in [3.63, 3.8) is 0 Å². The summed E-state index contributed by atoms with van der Waals surface area (Å²) in [5.74, 6) is -6.04. The van der Waals surface area contributed by atoms with Gasteiger partial charge < -0.3 is 15.6 Å². The Kier molecular flexibility index (Phi) is 5.83. The minimum Gasteiger partial charge on any atom is -0.504 e. The van der Waals surface area contributed by atoms with E-state index in [-0.39, 0.29) is 24.3 Å². The first kappa shape index (κ1) is 25.8. The molecular weight excluding hydrogens is 514 g/mol. The molecule has 4 aliphatic rings. The predicted octanol–water partition coefficient (Wildman–Crippen LogP) is 3.10. The van der Waals surface area contributed by atoms with Crippen molar-refractivity contribution >= 4 is 35.3 Å². The quantitative estimate of drug-likeness (QED) is 0.445. The van der Waals surface area contributed by atoms with Crippen LogP contribution in [0.3, 0.4) is 0 Å². The Morgan fingerprint density at radius 2 is 1.75 bits per heavy atom. The minimum atomic E-state index is -1.31. The third kappa shape index (κ3) is 3.31. The number of carbonyl (C=O) groups excluding carboxylic acids is 5.